The lowest BCUT2D eigenvalue weighted by Gasteiger charge is -2.07. The third-order valence-electron chi connectivity index (χ3n) is 3.02. The number of carbonyl (C=O) groups is 1. The topological polar surface area (TPSA) is 56.2 Å². The first-order chi connectivity index (χ1) is 10.1. The lowest BCUT2D eigenvalue weighted by Crippen LogP contribution is -2.17. The number of amides is 1. The predicted molar refractivity (Wildman–Crippen MR) is 76.8 cm³/mol. The molecule has 0 spiro atoms. The van der Waals surface area contributed by atoms with Gasteiger partial charge >= 0.3 is 6.09 Å². The quantitative estimate of drug-likeness (QED) is 0.785. The molecule has 1 aromatic heterocycles. The van der Waals surface area contributed by atoms with Gasteiger partial charge in [-0.15, -0.1) is 0 Å². The summed E-state index contributed by atoms with van der Waals surface area (Å²) >= 11 is 0. The van der Waals surface area contributed by atoms with Crippen molar-refractivity contribution in [3.8, 4) is 5.75 Å². The Bertz CT molecular complexity index is 814. The van der Waals surface area contributed by atoms with Crippen LogP contribution in [0.2, 0.25) is 0 Å². The van der Waals surface area contributed by atoms with Crippen LogP contribution >= 0.6 is 0 Å². The number of hydrogen-bond donors (Lipinski definition) is 1. The van der Waals surface area contributed by atoms with E-state index in [-0.39, 0.29) is 5.69 Å². The van der Waals surface area contributed by atoms with E-state index >= 15 is 0 Å². The molecule has 0 aliphatic rings. The summed E-state index contributed by atoms with van der Waals surface area (Å²) in [5.74, 6) is -0.176. The number of benzene rings is 2. The number of halogens is 1. The molecule has 6 heteroatoms. The van der Waals surface area contributed by atoms with Crippen LogP contribution in [-0.2, 0) is 7.05 Å². The number of nitrogens with one attached hydrogen (secondary N) is 1. The van der Waals surface area contributed by atoms with Crippen molar-refractivity contribution in [3.05, 3.63) is 54.6 Å². The summed E-state index contributed by atoms with van der Waals surface area (Å²) in [5, 5.41) is 2.35. The number of fused-ring (bicyclic) bond motifs is 1. The molecule has 0 bridgehead atoms. The van der Waals surface area contributed by atoms with Crippen LogP contribution in [-0.4, -0.2) is 15.6 Å². The number of aromatic nitrogens is 2. The summed E-state index contributed by atoms with van der Waals surface area (Å²) in [6.07, 6.45) is 0.920. The minimum atomic E-state index is -0.754. The number of hydrogen-bond acceptors (Lipinski definition) is 3. The van der Waals surface area contributed by atoms with E-state index in [2.05, 4.69) is 10.3 Å². The number of nitrogens with zero attached hydrogens (tertiary/aromatic N) is 2. The van der Waals surface area contributed by atoms with Crippen LogP contribution < -0.4 is 10.1 Å². The van der Waals surface area contributed by atoms with Crippen LogP contribution in [0.15, 0.2) is 48.8 Å². The van der Waals surface area contributed by atoms with Crippen molar-refractivity contribution < 1.29 is 13.9 Å². The zero-order chi connectivity index (χ0) is 14.8. The molecule has 3 rings (SSSR count). The Balaban J connectivity index is 1.75. The second kappa shape index (κ2) is 5.24. The van der Waals surface area contributed by atoms with Gasteiger partial charge in [-0.1, -0.05) is 12.1 Å². The lowest BCUT2D eigenvalue weighted by atomic mass is 10.3. The summed E-state index contributed by atoms with van der Waals surface area (Å²) in [6.45, 7) is 0. The van der Waals surface area contributed by atoms with Crippen LogP contribution in [0.5, 0.6) is 5.75 Å². The molecule has 1 heterocycles. The van der Waals surface area contributed by atoms with E-state index in [4.69, 9.17) is 4.74 Å². The predicted octanol–water partition coefficient (Wildman–Crippen LogP) is 3.32. The van der Waals surface area contributed by atoms with Crippen molar-refractivity contribution in [1.82, 2.24) is 9.55 Å². The molecule has 0 atom stereocenters. The Morgan fingerprint density at radius 2 is 2.10 bits per heavy atom. The van der Waals surface area contributed by atoms with E-state index in [1.165, 1.54) is 12.1 Å². The van der Waals surface area contributed by atoms with E-state index < -0.39 is 11.9 Å². The van der Waals surface area contributed by atoms with Gasteiger partial charge in [-0.3, -0.25) is 5.32 Å². The zero-order valence-electron chi connectivity index (χ0n) is 11.2. The van der Waals surface area contributed by atoms with Crippen LogP contribution in [0.25, 0.3) is 11.0 Å². The number of ether oxygens (including phenoxy) is 1. The highest BCUT2D eigenvalue weighted by Gasteiger charge is 2.09. The second-order valence-corrected chi connectivity index (χ2v) is 4.50. The number of carbonyl (C=O) groups excluding carboxylic acids is 1. The van der Waals surface area contributed by atoms with Gasteiger partial charge in [0.2, 0.25) is 0 Å². The fourth-order valence-corrected chi connectivity index (χ4v) is 1.98. The minimum Gasteiger partial charge on any atom is -0.410 e. The second-order valence-electron chi connectivity index (χ2n) is 4.50. The number of para-hydroxylation sites is 1. The van der Waals surface area contributed by atoms with Crippen molar-refractivity contribution in [2.24, 2.45) is 7.05 Å². The highest BCUT2D eigenvalue weighted by molar-refractivity contribution is 5.87. The van der Waals surface area contributed by atoms with Gasteiger partial charge in [-0.25, -0.2) is 14.2 Å². The van der Waals surface area contributed by atoms with E-state index in [0.717, 1.165) is 5.52 Å². The standard InChI is InChI=1S/C15H12FN3O2/c1-19-9-17-13-8-10(6-7-14(13)19)21-15(20)18-12-5-3-2-4-11(12)16/h2-9H,1H3,(H,18,20). The molecule has 2 aromatic carbocycles. The van der Waals surface area contributed by atoms with Crippen LogP contribution in [0.3, 0.4) is 0 Å². The summed E-state index contributed by atoms with van der Waals surface area (Å²) in [6, 6.07) is 11.0. The lowest BCUT2D eigenvalue weighted by molar-refractivity contribution is 0.215. The fraction of sp³-hybridized carbons (Fsp3) is 0.0667. The molecule has 1 N–H and O–H groups in total. The molecule has 3 aromatic rings. The molecule has 0 aliphatic carbocycles. The van der Waals surface area contributed by atoms with E-state index in [1.807, 2.05) is 11.6 Å². The first kappa shape index (κ1) is 13.1. The summed E-state index contributed by atoms with van der Waals surface area (Å²) in [7, 11) is 1.88. The average Bonchev–Trinajstić information content (AvgIpc) is 2.82. The summed E-state index contributed by atoms with van der Waals surface area (Å²) < 4.78 is 20.4. The van der Waals surface area contributed by atoms with Crippen molar-refractivity contribution in [2.75, 3.05) is 5.32 Å². The molecule has 0 saturated carbocycles. The van der Waals surface area contributed by atoms with E-state index in [9.17, 15) is 9.18 Å². The van der Waals surface area contributed by atoms with Gasteiger partial charge in [-0.05, 0) is 24.3 Å². The highest BCUT2D eigenvalue weighted by atomic mass is 19.1. The molecule has 0 radical (unpaired) electrons. The minimum absolute atomic E-state index is 0.0708. The van der Waals surface area contributed by atoms with Gasteiger partial charge in [0.25, 0.3) is 0 Å². The molecule has 0 fully saturated rings. The van der Waals surface area contributed by atoms with Crippen molar-refractivity contribution in [1.29, 1.82) is 0 Å². The number of imidazole rings is 1. The van der Waals surface area contributed by atoms with Crippen molar-refractivity contribution in [3.63, 3.8) is 0 Å². The van der Waals surface area contributed by atoms with Crippen molar-refractivity contribution in [2.45, 2.75) is 0 Å². The Kier molecular flexibility index (Phi) is 3.27. The van der Waals surface area contributed by atoms with Crippen LogP contribution in [0.1, 0.15) is 0 Å². The third-order valence-corrected chi connectivity index (χ3v) is 3.02. The van der Waals surface area contributed by atoms with Gasteiger partial charge in [0.1, 0.15) is 11.6 Å². The first-order valence-corrected chi connectivity index (χ1v) is 6.28. The molecule has 1 amide bonds. The molecular formula is C15H12FN3O2. The maximum atomic E-state index is 13.4. The Hall–Kier alpha value is -2.89. The van der Waals surface area contributed by atoms with Gasteiger partial charge < -0.3 is 9.30 Å². The maximum Gasteiger partial charge on any atom is 0.417 e. The zero-order valence-corrected chi connectivity index (χ0v) is 11.2. The van der Waals surface area contributed by atoms with Gasteiger partial charge in [-0.2, -0.15) is 0 Å². The smallest absolute Gasteiger partial charge is 0.410 e. The Labute approximate surface area is 120 Å². The molecule has 106 valence electrons. The molecule has 0 aliphatic heterocycles. The largest absolute Gasteiger partial charge is 0.417 e. The van der Waals surface area contributed by atoms with E-state index in [1.54, 1.807) is 36.7 Å². The average molecular weight is 285 g/mol. The number of rotatable bonds is 2. The molecule has 5 nitrogen and oxygen atoms in total. The Morgan fingerprint density at radius 3 is 2.90 bits per heavy atom. The third kappa shape index (κ3) is 2.69. The summed E-state index contributed by atoms with van der Waals surface area (Å²) in [5.41, 5.74) is 1.71. The van der Waals surface area contributed by atoms with Gasteiger partial charge in [0.15, 0.2) is 0 Å². The monoisotopic (exact) mass is 285 g/mol. The van der Waals surface area contributed by atoms with Crippen molar-refractivity contribution >= 4 is 22.8 Å². The van der Waals surface area contributed by atoms with Gasteiger partial charge in [0, 0.05) is 13.1 Å². The molecule has 21 heavy (non-hydrogen) atoms. The maximum absolute atomic E-state index is 13.4. The van der Waals surface area contributed by atoms with Crippen LogP contribution in [0, 0.1) is 5.82 Å². The molecular weight excluding hydrogens is 273 g/mol. The van der Waals surface area contributed by atoms with E-state index in [0.29, 0.717) is 11.3 Å². The first-order valence-electron chi connectivity index (χ1n) is 6.28. The highest BCUT2D eigenvalue weighted by Crippen LogP contribution is 2.20. The molecule has 0 unspecified atom stereocenters. The number of aryl methyl sites for hydroxylation is 1. The Morgan fingerprint density at radius 1 is 1.29 bits per heavy atom. The molecule has 0 saturated heterocycles. The number of anilines is 1. The normalized spacial score (nSPS) is 10.6. The van der Waals surface area contributed by atoms with Crippen LogP contribution in [0.4, 0.5) is 14.9 Å². The fourth-order valence-electron chi connectivity index (χ4n) is 1.98. The summed E-state index contributed by atoms with van der Waals surface area (Å²) in [4.78, 5) is 15.9. The SMILES string of the molecule is Cn1cnc2cc(OC(=O)Nc3ccccc3F)ccc21. The van der Waals surface area contributed by atoms with Gasteiger partial charge in [0.05, 0.1) is 23.0 Å².